The van der Waals surface area contributed by atoms with E-state index in [1.165, 1.54) is 4.57 Å². The molecule has 0 N–H and O–H groups in total. The fraction of sp³-hybridized carbons (Fsp3) is 0.579. The lowest BCUT2D eigenvalue weighted by molar-refractivity contribution is -0.141. The van der Waals surface area contributed by atoms with Crippen molar-refractivity contribution in [1.29, 1.82) is 0 Å². The molecule has 0 spiro atoms. The maximum Gasteiger partial charge on any atom is 0.433 e. The van der Waals surface area contributed by atoms with E-state index in [0.29, 0.717) is 12.4 Å². The summed E-state index contributed by atoms with van der Waals surface area (Å²) in [5.74, 6) is 0.371. The Morgan fingerprint density at radius 2 is 1.79 bits per heavy atom. The van der Waals surface area contributed by atoms with Crippen molar-refractivity contribution in [3.8, 4) is 0 Å². The van der Waals surface area contributed by atoms with Crippen LogP contribution in [-0.4, -0.2) is 49.6 Å². The Morgan fingerprint density at radius 1 is 1.10 bits per heavy atom. The highest BCUT2D eigenvalue weighted by molar-refractivity contribution is 5.44. The number of halogens is 3. The van der Waals surface area contributed by atoms with Crippen molar-refractivity contribution in [2.24, 2.45) is 7.05 Å². The van der Waals surface area contributed by atoms with Gasteiger partial charge in [-0.2, -0.15) is 13.2 Å². The number of likely N-dealkylation sites (tertiary alicyclic amines) is 1. The van der Waals surface area contributed by atoms with Crippen LogP contribution in [0.25, 0.3) is 0 Å². The molecule has 0 aromatic carbocycles. The molecular formula is C19H23F3N6O. The van der Waals surface area contributed by atoms with E-state index >= 15 is 0 Å². The average Bonchev–Trinajstić information content (AvgIpc) is 3.51. The fourth-order valence-corrected chi connectivity index (χ4v) is 3.93. The molecule has 2 aliphatic rings. The summed E-state index contributed by atoms with van der Waals surface area (Å²) in [4.78, 5) is 27.2. The van der Waals surface area contributed by atoms with Gasteiger partial charge in [-0.3, -0.25) is 4.90 Å². The summed E-state index contributed by atoms with van der Waals surface area (Å²) in [6.07, 6.45) is 3.59. The predicted octanol–water partition coefficient (Wildman–Crippen LogP) is 2.22. The van der Waals surface area contributed by atoms with Gasteiger partial charge in [0.2, 0.25) is 0 Å². The van der Waals surface area contributed by atoms with Gasteiger partial charge in [-0.25, -0.2) is 19.7 Å². The summed E-state index contributed by atoms with van der Waals surface area (Å²) in [5, 5.41) is 0. The zero-order valence-corrected chi connectivity index (χ0v) is 16.1. The minimum atomic E-state index is -4.47. The number of piperidine rings is 1. The minimum absolute atomic E-state index is 0.160. The number of aryl methyl sites for hydroxylation is 1. The van der Waals surface area contributed by atoms with Crippen molar-refractivity contribution in [1.82, 2.24) is 24.4 Å². The summed E-state index contributed by atoms with van der Waals surface area (Å²) >= 11 is 0. The summed E-state index contributed by atoms with van der Waals surface area (Å²) in [5.41, 5.74) is -0.210. The number of hydrogen-bond acceptors (Lipinski definition) is 6. The van der Waals surface area contributed by atoms with Gasteiger partial charge in [0.15, 0.2) is 0 Å². The Morgan fingerprint density at radius 3 is 2.41 bits per heavy atom. The third kappa shape index (κ3) is 4.58. The van der Waals surface area contributed by atoms with Crippen LogP contribution in [0.3, 0.4) is 0 Å². The number of rotatable bonds is 5. The van der Waals surface area contributed by atoms with Gasteiger partial charge in [-0.1, -0.05) is 0 Å². The van der Waals surface area contributed by atoms with E-state index in [-0.39, 0.29) is 17.8 Å². The van der Waals surface area contributed by atoms with Crippen molar-refractivity contribution in [3.05, 3.63) is 46.5 Å². The maximum absolute atomic E-state index is 13.1. The molecule has 2 fully saturated rings. The Bertz CT molecular complexity index is 919. The maximum atomic E-state index is 13.1. The molecule has 3 heterocycles. The Balaban J connectivity index is 1.43. The molecule has 10 heteroatoms. The summed E-state index contributed by atoms with van der Waals surface area (Å²) < 4.78 is 40.6. The van der Waals surface area contributed by atoms with Crippen molar-refractivity contribution < 1.29 is 13.2 Å². The summed E-state index contributed by atoms with van der Waals surface area (Å²) in [6, 6.07) is 1.49. The highest BCUT2D eigenvalue weighted by atomic mass is 19.4. The molecule has 2 aromatic heterocycles. The first kappa shape index (κ1) is 19.8. The number of alkyl halides is 3. The van der Waals surface area contributed by atoms with Crippen LogP contribution in [0.2, 0.25) is 0 Å². The zero-order valence-electron chi connectivity index (χ0n) is 16.1. The Kier molecular flexibility index (Phi) is 5.28. The van der Waals surface area contributed by atoms with Gasteiger partial charge in [-0.05, 0) is 25.7 Å². The summed E-state index contributed by atoms with van der Waals surface area (Å²) in [7, 11) is 1.68. The second kappa shape index (κ2) is 7.74. The molecule has 4 rings (SSSR count). The van der Waals surface area contributed by atoms with E-state index < -0.39 is 11.9 Å². The lowest BCUT2D eigenvalue weighted by Gasteiger charge is -2.39. The molecule has 29 heavy (non-hydrogen) atoms. The normalized spacial score (nSPS) is 18.8. The Labute approximate surface area is 166 Å². The number of anilines is 1. The highest BCUT2D eigenvalue weighted by Gasteiger charge is 2.38. The second-order valence-corrected chi connectivity index (χ2v) is 7.76. The van der Waals surface area contributed by atoms with Crippen molar-refractivity contribution in [3.63, 3.8) is 0 Å². The van der Waals surface area contributed by atoms with Crippen LogP contribution in [-0.2, 0) is 19.8 Å². The van der Waals surface area contributed by atoms with Gasteiger partial charge >= 0.3 is 11.9 Å². The first-order valence-electron chi connectivity index (χ1n) is 9.73. The van der Waals surface area contributed by atoms with Crippen LogP contribution in [0.5, 0.6) is 0 Å². The monoisotopic (exact) mass is 408 g/mol. The van der Waals surface area contributed by atoms with Crippen LogP contribution < -0.4 is 10.6 Å². The molecule has 1 aliphatic carbocycles. The molecule has 1 saturated carbocycles. The van der Waals surface area contributed by atoms with Crippen LogP contribution in [0.15, 0.2) is 29.6 Å². The topological polar surface area (TPSA) is 67.2 Å². The van der Waals surface area contributed by atoms with E-state index in [9.17, 15) is 18.0 Å². The van der Waals surface area contributed by atoms with Crippen molar-refractivity contribution in [2.75, 3.05) is 18.0 Å². The third-order valence-corrected chi connectivity index (χ3v) is 5.51. The van der Waals surface area contributed by atoms with E-state index in [0.717, 1.165) is 56.7 Å². The van der Waals surface area contributed by atoms with Crippen LogP contribution >= 0.6 is 0 Å². The number of hydrogen-bond donors (Lipinski definition) is 0. The standard InChI is InChI=1S/C19H23F3N6O/c1-26-10-13(9-23-18(26)29)11-27-6-4-15(5-7-27)28(14-2-3-14)17-8-16(19(20,21)22)24-12-25-17/h8-10,12,14-15H,2-7,11H2,1H3. The van der Waals surface area contributed by atoms with Gasteiger partial charge in [0.25, 0.3) is 0 Å². The van der Waals surface area contributed by atoms with E-state index in [4.69, 9.17) is 0 Å². The molecule has 0 bridgehead atoms. The zero-order chi connectivity index (χ0) is 20.6. The minimum Gasteiger partial charge on any atom is -0.350 e. The SMILES string of the molecule is Cn1cc(CN2CCC(N(c3cc(C(F)(F)F)ncn3)C3CC3)CC2)cnc1=O. The first-order valence-corrected chi connectivity index (χ1v) is 9.73. The summed E-state index contributed by atoms with van der Waals surface area (Å²) in [6.45, 7) is 2.35. The van der Waals surface area contributed by atoms with Crippen LogP contribution in [0.4, 0.5) is 19.0 Å². The van der Waals surface area contributed by atoms with E-state index in [2.05, 4.69) is 24.8 Å². The molecule has 0 radical (unpaired) electrons. The lowest BCUT2D eigenvalue weighted by Crippen LogP contribution is -2.46. The quantitative estimate of drug-likeness (QED) is 0.756. The highest BCUT2D eigenvalue weighted by Crippen LogP contribution is 2.37. The van der Waals surface area contributed by atoms with Gasteiger partial charge < -0.3 is 9.47 Å². The van der Waals surface area contributed by atoms with Gasteiger partial charge in [0.05, 0.1) is 0 Å². The van der Waals surface area contributed by atoms with Crippen molar-refractivity contribution >= 4 is 5.82 Å². The lowest BCUT2D eigenvalue weighted by atomic mass is 10.0. The van der Waals surface area contributed by atoms with Gasteiger partial charge in [0, 0.05) is 62.8 Å². The molecule has 0 unspecified atom stereocenters. The van der Waals surface area contributed by atoms with Gasteiger partial charge in [-0.15, -0.1) is 0 Å². The smallest absolute Gasteiger partial charge is 0.350 e. The predicted molar refractivity (Wildman–Crippen MR) is 100 cm³/mol. The largest absolute Gasteiger partial charge is 0.433 e. The van der Waals surface area contributed by atoms with Crippen molar-refractivity contribution in [2.45, 2.75) is 50.5 Å². The molecular weight excluding hydrogens is 385 g/mol. The van der Waals surface area contributed by atoms with E-state index in [1.807, 2.05) is 0 Å². The molecule has 156 valence electrons. The molecule has 2 aromatic rings. The fourth-order valence-electron chi connectivity index (χ4n) is 3.93. The number of nitrogens with zero attached hydrogens (tertiary/aromatic N) is 6. The second-order valence-electron chi connectivity index (χ2n) is 7.76. The molecule has 0 atom stereocenters. The first-order chi connectivity index (χ1) is 13.8. The average molecular weight is 408 g/mol. The molecule has 7 nitrogen and oxygen atoms in total. The Hall–Kier alpha value is -2.49. The molecule has 1 saturated heterocycles. The van der Waals surface area contributed by atoms with Crippen LogP contribution in [0, 0.1) is 0 Å². The van der Waals surface area contributed by atoms with Crippen LogP contribution in [0.1, 0.15) is 36.9 Å². The molecule has 1 aliphatic heterocycles. The molecule has 0 amide bonds. The number of aromatic nitrogens is 4. The third-order valence-electron chi connectivity index (χ3n) is 5.51. The van der Waals surface area contributed by atoms with E-state index in [1.54, 1.807) is 19.4 Å². The van der Waals surface area contributed by atoms with Gasteiger partial charge in [0.1, 0.15) is 17.8 Å².